The van der Waals surface area contributed by atoms with Crippen molar-refractivity contribution in [1.29, 1.82) is 0 Å². The molecule has 0 bridgehead atoms. The Morgan fingerprint density at radius 2 is 2.14 bits per heavy atom. The molecular weight excluding hydrogens is 291 g/mol. The van der Waals surface area contributed by atoms with Gasteiger partial charge >= 0.3 is 0 Å². The van der Waals surface area contributed by atoms with Crippen LogP contribution in [0.1, 0.15) is 37.7 Å². The van der Waals surface area contributed by atoms with E-state index in [4.69, 9.17) is 0 Å². The van der Waals surface area contributed by atoms with Crippen LogP contribution in [0.15, 0.2) is 23.1 Å². The lowest BCUT2D eigenvalue weighted by Gasteiger charge is -2.48. The van der Waals surface area contributed by atoms with Crippen molar-refractivity contribution >= 4 is 10.0 Å². The molecule has 1 aromatic rings. The van der Waals surface area contributed by atoms with Crippen molar-refractivity contribution in [1.82, 2.24) is 10.0 Å². The summed E-state index contributed by atoms with van der Waals surface area (Å²) < 4.78 is 41.4. The molecule has 6 heteroatoms. The molecule has 4 nitrogen and oxygen atoms in total. The number of halogens is 1. The maximum absolute atomic E-state index is 13.8. The van der Waals surface area contributed by atoms with Crippen molar-refractivity contribution in [2.24, 2.45) is 0 Å². The Morgan fingerprint density at radius 3 is 2.81 bits per heavy atom. The Bertz CT molecular complexity index is 641. The summed E-state index contributed by atoms with van der Waals surface area (Å²) in [4.78, 5) is -0.247. The van der Waals surface area contributed by atoms with Crippen LogP contribution in [-0.4, -0.2) is 26.5 Å². The fraction of sp³-hybridized carbons (Fsp3) is 0.600. The van der Waals surface area contributed by atoms with Crippen LogP contribution in [-0.2, 0) is 10.0 Å². The van der Waals surface area contributed by atoms with Gasteiger partial charge in [-0.25, -0.2) is 17.5 Å². The van der Waals surface area contributed by atoms with Crippen LogP contribution >= 0.6 is 0 Å². The van der Waals surface area contributed by atoms with Crippen LogP contribution in [0, 0.1) is 12.7 Å². The predicted octanol–water partition coefficient (Wildman–Crippen LogP) is 2.09. The van der Waals surface area contributed by atoms with Crippen molar-refractivity contribution in [3.63, 3.8) is 0 Å². The van der Waals surface area contributed by atoms with Crippen molar-refractivity contribution in [3.8, 4) is 0 Å². The third-order valence-corrected chi connectivity index (χ3v) is 6.17. The van der Waals surface area contributed by atoms with Gasteiger partial charge in [0, 0.05) is 11.6 Å². The number of sulfonamides is 1. The number of piperidine rings is 1. The van der Waals surface area contributed by atoms with E-state index >= 15 is 0 Å². The highest BCUT2D eigenvalue weighted by atomic mass is 32.2. The molecule has 1 aliphatic carbocycles. The Labute approximate surface area is 125 Å². The molecule has 2 aliphatic rings. The molecule has 2 fully saturated rings. The molecule has 0 amide bonds. The molecule has 1 spiro atoms. The number of hydrogen-bond donors (Lipinski definition) is 2. The van der Waals surface area contributed by atoms with Gasteiger partial charge in [-0.1, -0.05) is 6.07 Å². The number of aryl methyl sites for hydroxylation is 1. The zero-order valence-corrected chi connectivity index (χ0v) is 13.0. The van der Waals surface area contributed by atoms with Gasteiger partial charge in [0.05, 0.1) is 0 Å². The summed E-state index contributed by atoms with van der Waals surface area (Å²) in [6.07, 6.45) is 4.93. The first-order valence-electron chi connectivity index (χ1n) is 7.44. The van der Waals surface area contributed by atoms with E-state index in [-0.39, 0.29) is 16.5 Å². The van der Waals surface area contributed by atoms with Crippen molar-refractivity contribution in [2.75, 3.05) is 6.54 Å². The van der Waals surface area contributed by atoms with Gasteiger partial charge in [-0.15, -0.1) is 0 Å². The van der Waals surface area contributed by atoms with Crippen molar-refractivity contribution in [2.45, 2.75) is 55.5 Å². The molecule has 1 heterocycles. The minimum atomic E-state index is -3.80. The van der Waals surface area contributed by atoms with Crippen LogP contribution in [0.3, 0.4) is 0 Å². The summed E-state index contributed by atoms with van der Waals surface area (Å²) in [5.74, 6) is -0.694. The van der Waals surface area contributed by atoms with E-state index in [0.717, 1.165) is 37.8 Å². The second-order valence-electron chi connectivity index (χ2n) is 6.31. The minimum absolute atomic E-state index is 0.108. The maximum Gasteiger partial charge on any atom is 0.243 e. The van der Waals surface area contributed by atoms with Gasteiger partial charge in [0.25, 0.3) is 0 Å². The first-order chi connectivity index (χ1) is 9.90. The minimum Gasteiger partial charge on any atom is -0.311 e. The molecule has 1 saturated heterocycles. The molecule has 1 unspecified atom stereocenters. The van der Waals surface area contributed by atoms with Gasteiger partial charge in [-0.3, -0.25) is 0 Å². The zero-order valence-electron chi connectivity index (χ0n) is 12.2. The van der Waals surface area contributed by atoms with E-state index in [1.165, 1.54) is 18.6 Å². The molecule has 2 N–H and O–H groups in total. The zero-order chi connectivity index (χ0) is 15.1. The van der Waals surface area contributed by atoms with Gasteiger partial charge in [0.15, 0.2) is 0 Å². The monoisotopic (exact) mass is 312 g/mol. The second-order valence-corrected chi connectivity index (χ2v) is 7.99. The van der Waals surface area contributed by atoms with Crippen LogP contribution in [0.5, 0.6) is 0 Å². The lowest BCUT2D eigenvalue weighted by molar-refractivity contribution is 0.126. The molecule has 1 aromatic carbocycles. The Balaban J connectivity index is 1.78. The van der Waals surface area contributed by atoms with Crippen LogP contribution in [0.2, 0.25) is 0 Å². The van der Waals surface area contributed by atoms with E-state index in [2.05, 4.69) is 10.0 Å². The SMILES string of the molecule is Cc1ccc(F)c(S(=O)(=O)NC2CCNC3(CCC3)C2)c1. The van der Waals surface area contributed by atoms with E-state index in [9.17, 15) is 12.8 Å². The van der Waals surface area contributed by atoms with Crippen LogP contribution < -0.4 is 10.0 Å². The number of hydrogen-bond acceptors (Lipinski definition) is 3. The van der Waals surface area contributed by atoms with Gasteiger partial charge in [0.1, 0.15) is 10.7 Å². The highest BCUT2D eigenvalue weighted by molar-refractivity contribution is 7.89. The molecule has 1 aliphatic heterocycles. The molecule has 1 saturated carbocycles. The fourth-order valence-corrected chi connectivity index (χ4v) is 4.77. The highest BCUT2D eigenvalue weighted by Gasteiger charge is 2.41. The molecular formula is C15H21FN2O2S. The Hall–Kier alpha value is -0.980. The summed E-state index contributed by atoms with van der Waals surface area (Å²) in [6, 6.07) is 4.05. The largest absolute Gasteiger partial charge is 0.311 e. The number of rotatable bonds is 3. The molecule has 0 radical (unpaired) electrons. The molecule has 0 aromatic heterocycles. The average Bonchev–Trinajstić information content (AvgIpc) is 2.39. The highest BCUT2D eigenvalue weighted by Crippen LogP contribution is 2.38. The number of benzene rings is 1. The smallest absolute Gasteiger partial charge is 0.243 e. The summed E-state index contributed by atoms with van der Waals surface area (Å²) in [5.41, 5.74) is 0.842. The fourth-order valence-electron chi connectivity index (χ4n) is 3.34. The van der Waals surface area contributed by atoms with Crippen molar-refractivity contribution < 1.29 is 12.8 Å². The first kappa shape index (κ1) is 14.9. The van der Waals surface area contributed by atoms with E-state index in [1.807, 2.05) is 0 Å². The quantitative estimate of drug-likeness (QED) is 0.898. The Morgan fingerprint density at radius 1 is 1.38 bits per heavy atom. The van der Waals surface area contributed by atoms with Gasteiger partial charge in [0.2, 0.25) is 10.0 Å². The first-order valence-corrected chi connectivity index (χ1v) is 8.92. The molecule has 116 valence electrons. The standard InChI is InChI=1S/C15H21FN2O2S/c1-11-3-4-13(16)14(9-11)21(19,20)18-12-5-8-17-15(10-12)6-2-7-15/h3-4,9,12,17-18H,2,5-8,10H2,1H3. The van der Waals surface area contributed by atoms with Gasteiger partial charge in [-0.05, 0) is 63.3 Å². The third kappa shape index (κ3) is 2.98. The van der Waals surface area contributed by atoms with E-state index in [0.29, 0.717) is 0 Å². The topological polar surface area (TPSA) is 58.2 Å². The third-order valence-electron chi connectivity index (χ3n) is 4.64. The van der Waals surface area contributed by atoms with Crippen LogP contribution in [0.25, 0.3) is 0 Å². The second kappa shape index (κ2) is 5.34. The summed E-state index contributed by atoms with van der Waals surface area (Å²) >= 11 is 0. The van der Waals surface area contributed by atoms with E-state index < -0.39 is 15.8 Å². The van der Waals surface area contributed by atoms with Gasteiger partial charge in [-0.2, -0.15) is 0 Å². The van der Waals surface area contributed by atoms with E-state index in [1.54, 1.807) is 13.0 Å². The normalized spacial score (nSPS) is 24.8. The molecule has 1 atom stereocenters. The maximum atomic E-state index is 13.8. The summed E-state index contributed by atoms with van der Waals surface area (Å²) in [7, 11) is -3.80. The van der Waals surface area contributed by atoms with Crippen LogP contribution in [0.4, 0.5) is 4.39 Å². The number of nitrogens with one attached hydrogen (secondary N) is 2. The summed E-state index contributed by atoms with van der Waals surface area (Å²) in [5, 5.41) is 3.50. The van der Waals surface area contributed by atoms with Gasteiger partial charge < -0.3 is 5.32 Å². The molecule has 3 rings (SSSR count). The predicted molar refractivity (Wildman–Crippen MR) is 79.1 cm³/mol. The Kier molecular flexibility index (Phi) is 3.80. The lowest BCUT2D eigenvalue weighted by Crippen LogP contribution is -2.59. The van der Waals surface area contributed by atoms with Crippen molar-refractivity contribution in [3.05, 3.63) is 29.6 Å². The molecule has 21 heavy (non-hydrogen) atoms. The summed E-state index contributed by atoms with van der Waals surface area (Å²) in [6.45, 7) is 2.57. The lowest BCUT2D eigenvalue weighted by atomic mass is 9.70. The average molecular weight is 312 g/mol.